The Balaban J connectivity index is 1.90. The Labute approximate surface area is 265 Å². The van der Waals surface area contributed by atoms with Crippen molar-refractivity contribution in [2.24, 2.45) is 11.3 Å². The van der Waals surface area contributed by atoms with Crippen LogP contribution in [0.3, 0.4) is 0 Å². The molecule has 0 saturated heterocycles. The molecule has 1 aromatic rings. The van der Waals surface area contributed by atoms with Gasteiger partial charge < -0.3 is 24.8 Å². The fourth-order valence-electron chi connectivity index (χ4n) is 4.33. The highest BCUT2D eigenvalue weighted by atomic mass is 16.6. The smallest absolute Gasteiger partial charge is 0.419 e. The van der Waals surface area contributed by atoms with E-state index in [4.69, 9.17) is 14.2 Å². The molecule has 2 heterocycles. The second-order valence-corrected chi connectivity index (χ2v) is 11.7. The molecule has 2 amide bonds. The molecule has 0 saturated carbocycles. The van der Waals surface area contributed by atoms with Gasteiger partial charge in [-0.25, -0.2) is 19.1 Å². The van der Waals surface area contributed by atoms with E-state index in [1.165, 1.54) is 42.7 Å². The zero-order valence-electron chi connectivity index (χ0n) is 27.2. The Hall–Kier alpha value is -4.67. The van der Waals surface area contributed by atoms with Gasteiger partial charge in [0.1, 0.15) is 24.6 Å². The maximum Gasteiger partial charge on any atom is 0.419 e. The number of cyclic esters (lactones) is 1. The number of amides is 2. The van der Waals surface area contributed by atoms with Crippen LogP contribution in [0.4, 0.5) is 4.79 Å². The second kappa shape index (κ2) is 18.2. The molecule has 0 unspecified atom stereocenters. The first-order valence-corrected chi connectivity index (χ1v) is 14.9. The molecule has 0 aliphatic carbocycles. The summed E-state index contributed by atoms with van der Waals surface area (Å²) in [6.45, 7) is 11.3. The lowest BCUT2D eigenvalue weighted by atomic mass is 9.86. The quantitative estimate of drug-likeness (QED) is 0.124. The summed E-state index contributed by atoms with van der Waals surface area (Å²) in [6, 6.07) is -0.811. The molecule has 1 aliphatic heterocycles. The first-order valence-electron chi connectivity index (χ1n) is 14.9. The van der Waals surface area contributed by atoms with Crippen LogP contribution in [0.1, 0.15) is 60.8 Å². The maximum atomic E-state index is 13.0. The van der Waals surface area contributed by atoms with Crippen LogP contribution in [0.15, 0.2) is 90.9 Å². The van der Waals surface area contributed by atoms with E-state index < -0.39 is 35.5 Å². The molecule has 1 aliphatic rings. The Morgan fingerprint density at radius 1 is 1.18 bits per heavy atom. The molecule has 0 fully saturated rings. The van der Waals surface area contributed by atoms with Gasteiger partial charge in [-0.2, -0.15) is 0 Å². The van der Waals surface area contributed by atoms with E-state index in [0.29, 0.717) is 19.3 Å². The minimum atomic E-state index is -0.811. The predicted molar refractivity (Wildman–Crippen MR) is 171 cm³/mol. The van der Waals surface area contributed by atoms with E-state index in [9.17, 15) is 19.2 Å². The van der Waals surface area contributed by atoms with E-state index in [0.717, 1.165) is 5.57 Å². The van der Waals surface area contributed by atoms with Gasteiger partial charge in [-0.3, -0.25) is 9.59 Å². The third-order valence-electron chi connectivity index (χ3n) is 6.82. The zero-order valence-corrected chi connectivity index (χ0v) is 27.2. The van der Waals surface area contributed by atoms with Crippen LogP contribution >= 0.6 is 0 Å². The van der Waals surface area contributed by atoms with Gasteiger partial charge >= 0.3 is 12.1 Å². The Bertz CT molecular complexity index is 1330. The number of nitrogens with one attached hydrogen (secondary N) is 2. The van der Waals surface area contributed by atoms with Crippen molar-refractivity contribution in [3.63, 3.8) is 0 Å². The van der Waals surface area contributed by atoms with Crippen molar-refractivity contribution in [1.29, 1.82) is 0 Å². The summed E-state index contributed by atoms with van der Waals surface area (Å²) >= 11 is 0. The number of methoxy groups -OCH3 is 1. The van der Waals surface area contributed by atoms with E-state index in [2.05, 4.69) is 15.6 Å². The lowest BCUT2D eigenvalue weighted by Gasteiger charge is -2.29. The van der Waals surface area contributed by atoms with E-state index >= 15 is 0 Å². The van der Waals surface area contributed by atoms with Crippen LogP contribution < -0.4 is 10.6 Å². The average molecular weight is 623 g/mol. The molecule has 0 bridgehead atoms. The molecule has 2 rings (SSSR count). The standard InChI is InChI=1S/C34H46N4O7/c1-8-9-14-26(44-33(42)38-21-20-35-23-38)15-12-19-36-31(40)30(34(4,5)6)37-29(39)16-11-10-13-24(2)22-25(3)27-17-18-28(43-7)32(41)45-27/h8-13,16,18-23,25-27,30H,14-15,17H2,1-7H3,(H,36,40)(H,37,39)/b9-8-,13-10-,16-11-,19-12-,24-22+/t25-,26-,27-,30+/m0/s1. The summed E-state index contributed by atoms with van der Waals surface area (Å²) in [7, 11) is 1.44. The maximum absolute atomic E-state index is 13.0. The van der Waals surface area contributed by atoms with E-state index in [1.807, 2.05) is 65.8 Å². The molecular weight excluding hydrogens is 576 g/mol. The van der Waals surface area contributed by atoms with Crippen LogP contribution in [0.2, 0.25) is 0 Å². The summed E-state index contributed by atoms with van der Waals surface area (Å²) in [4.78, 5) is 53.7. The molecule has 4 atom stereocenters. The molecule has 0 radical (unpaired) electrons. The number of nitrogens with zero attached hydrogens (tertiary/aromatic N) is 2. The summed E-state index contributed by atoms with van der Waals surface area (Å²) in [5, 5.41) is 5.51. The number of imidazole rings is 1. The first-order chi connectivity index (χ1) is 21.3. The highest BCUT2D eigenvalue weighted by molar-refractivity contribution is 5.93. The monoisotopic (exact) mass is 622 g/mol. The Morgan fingerprint density at radius 2 is 1.89 bits per heavy atom. The van der Waals surface area contributed by atoms with Gasteiger partial charge in [-0.15, -0.1) is 0 Å². The van der Waals surface area contributed by atoms with Crippen LogP contribution in [0.5, 0.6) is 0 Å². The largest absolute Gasteiger partial charge is 0.490 e. The Kier molecular flexibility index (Phi) is 14.8. The number of hydrogen-bond acceptors (Lipinski definition) is 8. The van der Waals surface area contributed by atoms with Crippen molar-refractivity contribution in [2.75, 3.05) is 7.11 Å². The van der Waals surface area contributed by atoms with Gasteiger partial charge in [-0.05, 0) is 31.5 Å². The van der Waals surface area contributed by atoms with Crippen LogP contribution in [0, 0.1) is 11.3 Å². The van der Waals surface area contributed by atoms with Crippen molar-refractivity contribution < 1.29 is 33.4 Å². The summed E-state index contributed by atoms with van der Waals surface area (Å²) in [6.07, 6.45) is 21.8. The van der Waals surface area contributed by atoms with Gasteiger partial charge in [0.15, 0.2) is 5.76 Å². The molecule has 244 valence electrons. The topological polar surface area (TPSA) is 138 Å². The van der Waals surface area contributed by atoms with Crippen molar-refractivity contribution >= 4 is 23.9 Å². The lowest BCUT2D eigenvalue weighted by molar-refractivity contribution is -0.151. The van der Waals surface area contributed by atoms with Gasteiger partial charge in [0.2, 0.25) is 11.8 Å². The average Bonchev–Trinajstić information content (AvgIpc) is 3.53. The van der Waals surface area contributed by atoms with Gasteiger partial charge in [0, 0.05) is 43.7 Å². The predicted octanol–water partition coefficient (Wildman–Crippen LogP) is 5.29. The summed E-state index contributed by atoms with van der Waals surface area (Å²) < 4.78 is 17.2. The number of aromatic nitrogens is 2. The van der Waals surface area contributed by atoms with E-state index in [1.54, 1.807) is 24.3 Å². The van der Waals surface area contributed by atoms with Crippen LogP contribution in [-0.2, 0) is 28.6 Å². The summed E-state index contributed by atoms with van der Waals surface area (Å²) in [5.74, 6) is -1.05. The molecular formula is C34H46N4O7. The Morgan fingerprint density at radius 3 is 2.51 bits per heavy atom. The lowest BCUT2D eigenvalue weighted by Crippen LogP contribution is -2.52. The third-order valence-corrected chi connectivity index (χ3v) is 6.82. The van der Waals surface area contributed by atoms with Gasteiger partial charge in [-0.1, -0.05) is 75.8 Å². The molecule has 0 spiro atoms. The number of rotatable bonds is 14. The number of esters is 1. The van der Waals surface area contributed by atoms with Gasteiger partial charge in [0.05, 0.1) is 7.11 Å². The summed E-state index contributed by atoms with van der Waals surface area (Å²) in [5.41, 5.74) is 0.372. The minimum absolute atomic E-state index is 0.0166. The number of carbonyl (C=O) groups excluding carboxylic acids is 4. The zero-order chi connectivity index (χ0) is 33.4. The van der Waals surface area contributed by atoms with Crippen molar-refractivity contribution in [3.8, 4) is 0 Å². The molecule has 11 heteroatoms. The van der Waals surface area contributed by atoms with Gasteiger partial charge in [0.25, 0.3) is 0 Å². The number of ether oxygens (including phenoxy) is 3. The van der Waals surface area contributed by atoms with Crippen molar-refractivity contribution in [2.45, 2.75) is 79.1 Å². The molecule has 11 nitrogen and oxygen atoms in total. The highest BCUT2D eigenvalue weighted by Crippen LogP contribution is 2.23. The molecule has 45 heavy (non-hydrogen) atoms. The number of carbonyl (C=O) groups is 4. The molecule has 1 aromatic heterocycles. The van der Waals surface area contributed by atoms with E-state index in [-0.39, 0.29) is 23.7 Å². The number of hydrogen-bond donors (Lipinski definition) is 2. The first kappa shape index (κ1) is 36.5. The molecule has 0 aromatic carbocycles. The van der Waals surface area contributed by atoms with Crippen LogP contribution in [0.25, 0.3) is 0 Å². The normalized spacial score (nSPS) is 18.1. The fraction of sp³-hybridized carbons (Fsp3) is 0.441. The van der Waals surface area contributed by atoms with Crippen molar-refractivity contribution in [3.05, 3.63) is 90.9 Å². The minimum Gasteiger partial charge on any atom is -0.490 e. The molecule has 2 N–H and O–H groups in total. The second-order valence-electron chi connectivity index (χ2n) is 11.7. The van der Waals surface area contributed by atoms with Crippen molar-refractivity contribution in [1.82, 2.24) is 20.2 Å². The van der Waals surface area contributed by atoms with Crippen LogP contribution in [-0.4, -0.2) is 58.8 Å². The SMILES string of the molecule is C/C=C\C[C@@H](C/C=C\NC(=O)[C@@H](NC(=O)\C=C/C=C\C(C)=C\[C@H](C)[C@@H]1CC=C(OC)C(=O)O1)C(C)(C)C)OC(=O)n1ccnc1. The highest BCUT2D eigenvalue weighted by Gasteiger charge is 2.32. The third kappa shape index (κ3) is 12.8. The fourth-order valence-corrected chi connectivity index (χ4v) is 4.33. The number of allylic oxidation sites excluding steroid dienone is 5.